The van der Waals surface area contributed by atoms with E-state index >= 15 is 0 Å². The van der Waals surface area contributed by atoms with Gasteiger partial charge in [-0.3, -0.25) is 0 Å². The van der Waals surface area contributed by atoms with Crippen LogP contribution in [0, 0.1) is 0 Å². The second-order valence-electron chi connectivity index (χ2n) is 3.93. The number of hydrogen-bond donors (Lipinski definition) is 3. The molecule has 1 atom stereocenters. The maximum Gasteiger partial charge on any atom is 0.329 e. The summed E-state index contributed by atoms with van der Waals surface area (Å²) in [6, 6.07) is 1.20. The van der Waals surface area contributed by atoms with E-state index in [1.807, 2.05) is 0 Å². The van der Waals surface area contributed by atoms with Gasteiger partial charge in [0.15, 0.2) is 0 Å². The molecule has 0 saturated carbocycles. The van der Waals surface area contributed by atoms with Crippen molar-refractivity contribution < 1.29 is 19.1 Å². The van der Waals surface area contributed by atoms with E-state index in [4.69, 9.17) is 9.52 Å². The third kappa shape index (κ3) is 3.51. The second-order valence-corrected chi connectivity index (χ2v) is 3.93. The van der Waals surface area contributed by atoms with Gasteiger partial charge in [-0.1, -0.05) is 6.92 Å². The number of rotatable bonds is 5. The fourth-order valence-electron chi connectivity index (χ4n) is 1.16. The van der Waals surface area contributed by atoms with Crippen LogP contribution >= 0.6 is 0 Å². The van der Waals surface area contributed by atoms with E-state index in [0.29, 0.717) is 13.0 Å². The highest BCUT2D eigenvalue weighted by molar-refractivity contribution is 5.85. The number of nitrogens with one attached hydrogen (secondary N) is 2. The van der Waals surface area contributed by atoms with Crippen molar-refractivity contribution in [2.24, 2.45) is 0 Å². The Balaban J connectivity index is 2.46. The summed E-state index contributed by atoms with van der Waals surface area (Å²) >= 11 is 0. The highest BCUT2D eigenvalue weighted by atomic mass is 16.4. The van der Waals surface area contributed by atoms with Crippen molar-refractivity contribution >= 4 is 12.0 Å². The SMILES string of the molecule is CCC(C)(NC(=O)NCc1ccoc1)C(=O)O. The van der Waals surface area contributed by atoms with Gasteiger partial charge < -0.3 is 20.2 Å². The molecule has 0 fully saturated rings. The van der Waals surface area contributed by atoms with E-state index in [0.717, 1.165) is 5.56 Å². The van der Waals surface area contributed by atoms with Crippen molar-refractivity contribution in [1.82, 2.24) is 10.6 Å². The number of carbonyl (C=O) groups excluding carboxylic acids is 1. The van der Waals surface area contributed by atoms with Crippen LogP contribution in [0.25, 0.3) is 0 Å². The van der Waals surface area contributed by atoms with Crippen molar-refractivity contribution in [3.05, 3.63) is 24.2 Å². The zero-order chi connectivity index (χ0) is 12.9. The molecule has 1 heterocycles. The highest BCUT2D eigenvalue weighted by Gasteiger charge is 2.32. The average Bonchev–Trinajstić information content (AvgIpc) is 2.78. The molecule has 0 saturated heterocycles. The number of amides is 2. The fraction of sp³-hybridized carbons (Fsp3) is 0.455. The Labute approximate surface area is 99.0 Å². The van der Waals surface area contributed by atoms with Crippen molar-refractivity contribution in [3.63, 3.8) is 0 Å². The Morgan fingerprint density at radius 2 is 2.24 bits per heavy atom. The standard InChI is InChI=1S/C11H16N2O4/c1-3-11(2,9(14)15)13-10(16)12-6-8-4-5-17-7-8/h4-5,7H,3,6H2,1-2H3,(H,14,15)(H2,12,13,16). The highest BCUT2D eigenvalue weighted by Crippen LogP contribution is 2.08. The van der Waals surface area contributed by atoms with E-state index in [9.17, 15) is 9.59 Å². The molecule has 0 aliphatic carbocycles. The maximum atomic E-state index is 11.5. The zero-order valence-corrected chi connectivity index (χ0v) is 9.82. The molecule has 0 spiro atoms. The summed E-state index contributed by atoms with van der Waals surface area (Å²) in [6.45, 7) is 3.46. The molecular formula is C11H16N2O4. The summed E-state index contributed by atoms with van der Waals surface area (Å²) < 4.78 is 4.84. The molecule has 1 unspecified atom stereocenters. The molecule has 0 aromatic carbocycles. The molecular weight excluding hydrogens is 224 g/mol. The number of carboxylic acids is 1. The first-order chi connectivity index (χ1) is 7.98. The summed E-state index contributed by atoms with van der Waals surface area (Å²) in [7, 11) is 0. The van der Waals surface area contributed by atoms with Crippen LogP contribution in [0.4, 0.5) is 4.79 Å². The van der Waals surface area contributed by atoms with Gasteiger partial charge in [0.25, 0.3) is 0 Å². The van der Waals surface area contributed by atoms with Crippen molar-refractivity contribution in [3.8, 4) is 0 Å². The number of urea groups is 1. The average molecular weight is 240 g/mol. The Bertz CT molecular complexity index is 388. The molecule has 1 rings (SSSR count). The van der Waals surface area contributed by atoms with Crippen LogP contribution < -0.4 is 10.6 Å². The predicted molar refractivity (Wildman–Crippen MR) is 60.4 cm³/mol. The third-order valence-corrected chi connectivity index (χ3v) is 2.60. The normalized spacial score (nSPS) is 13.8. The van der Waals surface area contributed by atoms with E-state index in [1.165, 1.54) is 19.5 Å². The molecule has 6 heteroatoms. The monoisotopic (exact) mass is 240 g/mol. The fourth-order valence-corrected chi connectivity index (χ4v) is 1.16. The lowest BCUT2D eigenvalue weighted by Crippen LogP contribution is -2.54. The first-order valence-electron chi connectivity index (χ1n) is 5.28. The summed E-state index contributed by atoms with van der Waals surface area (Å²) in [4.78, 5) is 22.5. The van der Waals surface area contributed by atoms with Gasteiger partial charge in [-0.25, -0.2) is 9.59 Å². The van der Waals surface area contributed by atoms with Crippen LogP contribution in [0.1, 0.15) is 25.8 Å². The van der Waals surface area contributed by atoms with Gasteiger partial charge in [0, 0.05) is 12.1 Å². The van der Waals surface area contributed by atoms with Crippen molar-refractivity contribution in [1.29, 1.82) is 0 Å². The lowest BCUT2D eigenvalue weighted by Gasteiger charge is -2.24. The Kier molecular flexibility index (Phi) is 4.14. The van der Waals surface area contributed by atoms with Gasteiger partial charge in [-0.15, -0.1) is 0 Å². The van der Waals surface area contributed by atoms with Crippen LogP contribution in [0.5, 0.6) is 0 Å². The van der Waals surface area contributed by atoms with Gasteiger partial charge in [-0.2, -0.15) is 0 Å². The van der Waals surface area contributed by atoms with E-state index in [1.54, 1.807) is 13.0 Å². The number of furan rings is 1. The third-order valence-electron chi connectivity index (χ3n) is 2.60. The first-order valence-corrected chi connectivity index (χ1v) is 5.28. The van der Waals surface area contributed by atoms with E-state index < -0.39 is 17.5 Å². The minimum atomic E-state index is -1.25. The zero-order valence-electron chi connectivity index (χ0n) is 9.82. The van der Waals surface area contributed by atoms with Gasteiger partial charge in [0.05, 0.1) is 12.5 Å². The largest absolute Gasteiger partial charge is 0.480 e. The molecule has 0 radical (unpaired) electrons. The van der Waals surface area contributed by atoms with Gasteiger partial charge in [-0.05, 0) is 19.4 Å². The number of carbonyl (C=O) groups is 2. The van der Waals surface area contributed by atoms with Gasteiger partial charge >= 0.3 is 12.0 Å². The Morgan fingerprint density at radius 3 is 2.71 bits per heavy atom. The minimum Gasteiger partial charge on any atom is -0.480 e. The molecule has 0 aliphatic heterocycles. The van der Waals surface area contributed by atoms with Crippen molar-refractivity contribution in [2.45, 2.75) is 32.4 Å². The van der Waals surface area contributed by atoms with Crippen LogP contribution in [-0.4, -0.2) is 22.6 Å². The van der Waals surface area contributed by atoms with E-state index in [-0.39, 0.29) is 0 Å². The molecule has 0 aliphatic rings. The van der Waals surface area contributed by atoms with Gasteiger partial charge in [0.1, 0.15) is 5.54 Å². The predicted octanol–water partition coefficient (Wildman–Crippen LogP) is 1.33. The lowest BCUT2D eigenvalue weighted by atomic mass is 10.00. The summed E-state index contributed by atoms with van der Waals surface area (Å²) in [5.74, 6) is -1.06. The Morgan fingerprint density at radius 1 is 1.53 bits per heavy atom. The van der Waals surface area contributed by atoms with Crippen LogP contribution in [-0.2, 0) is 11.3 Å². The quantitative estimate of drug-likeness (QED) is 0.724. The molecule has 6 nitrogen and oxygen atoms in total. The topological polar surface area (TPSA) is 91.6 Å². The van der Waals surface area contributed by atoms with Crippen molar-refractivity contribution in [2.75, 3.05) is 0 Å². The lowest BCUT2D eigenvalue weighted by molar-refractivity contribution is -0.143. The smallest absolute Gasteiger partial charge is 0.329 e. The van der Waals surface area contributed by atoms with Crippen LogP contribution in [0.15, 0.2) is 23.0 Å². The van der Waals surface area contributed by atoms with Gasteiger partial charge in [0.2, 0.25) is 0 Å². The summed E-state index contributed by atoms with van der Waals surface area (Å²) in [5, 5.41) is 14.0. The number of hydrogen-bond acceptors (Lipinski definition) is 3. The van der Waals surface area contributed by atoms with Crippen LogP contribution in [0.2, 0.25) is 0 Å². The number of aliphatic carboxylic acids is 1. The molecule has 0 bridgehead atoms. The molecule has 3 N–H and O–H groups in total. The molecule has 1 aromatic heterocycles. The summed E-state index contributed by atoms with van der Waals surface area (Å²) in [5.41, 5.74) is -0.436. The Hall–Kier alpha value is -1.98. The molecule has 1 aromatic rings. The van der Waals surface area contributed by atoms with Crippen LogP contribution in [0.3, 0.4) is 0 Å². The first kappa shape index (κ1) is 13.1. The summed E-state index contributed by atoms with van der Waals surface area (Å²) in [6.07, 6.45) is 3.32. The molecule has 2 amide bonds. The van der Waals surface area contributed by atoms with E-state index in [2.05, 4.69) is 10.6 Å². The maximum absolute atomic E-state index is 11.5. The minimum absolute atomic E-state index is 0.293. The number of carboxylic acid groups (broad SMARTS) is 1. The molecule has 17 heavy (non-hydrogen) atoms. The second kappa shape index (κ2) is 5.38. The molecule has 94 valence electrons.